The lowest BCUT2D eigenvalue weighted by Gasteiger charge is -2.41. The molecular formula is C27H33F4N3O5. The maximum absolute atomic E-state index is 14.5. The number of hydrogen-bond acceptors (Lipinski definition) is 7. The number of nitrogens with zero attached hydrogens (tertiary/aromatic N) is 3. The first-order valence-corrected chi connectivity index (χ1v) is 12.4. The van der Waals surface area contributed by atoms with Gasteiger partial charge in [0.1, 0.15) is 23.3 Å². The highest BCUT2D eigenvalue weighted by Gasteiger charge is 2.35. The number of methoxy groups -OCH3 is 1. The van der Waals surface area contributed by atoms with Crippen LogP contribution < -0.4 is 4.74 Å². The van der Waals surface area contributed by atoms with Crippen molar-refractivity contribution in [3.05, 3.63) is 58.7 Å². The molecule has 1 saturated heterocycles. The van der Waals surface area contributed by atoms with E-state index < -0.39 is 41.3 Å². The second kappa shape index (κ2) is 11.8. The summed E-state index contributed by atoms with van der Waals surface area (Å²) in [5.74, 6) is -1.80. The number of rotatable bonds is 6. The standard InChI is InChI=1S/C27H33F4N3O5/c1-16-11-19(13-32-23(16)24(35)37-6)38-22(18-7-8-20(21(28)12-18)27(29,30)31)15-33-9-10-34(17(2)14-33)25(36)39-26(3,4)5/h7-8,11-13,17,22H,9-10,14-15H2,1-6H3/t17-,22?/m1/s1. The number of esters is 1. The number of aromatic nitrogens is 1. The highest BCUT2D eigenvalue weighted by atomic mass is 19.4. The van der Waals surface area contributed by atoms with Gasteiger partial charge < -0.3 is 19.1 Å². The van der Waals surface area contributed by atoms with E-state index in [2.05, 4.69) is 4.98 Å². The monoisotopic (exact) mass is 555 g/mol. The molecule has 2 heterocycles. The molecule has 1 aromatic carbocycles. The van der Waals surface area contributed by atoms with Crippen molar-refractivity contribution in [2.24, 2.45) is 0 Å². The maximum atomic E-state index is 14.5. The minimum absolute atomic E-state index is 0.0917. The third-order valence-corrected chi connectivity index (χ3v) is 6.14. The summed E-state index contributed by atoms with van der Waals surface area (Å²) in [7, 11) is 1.23. The molecule has 0 spiro atoms. The van der Waals surface area contributed by atoms with E-state index in [0.717, 1.165) is 6.07 Å². The summed E-state index contributed by atoms with van der Waals surface area (Å²) in [5, 5.41) is 0. The lowest BCUT2D eigenvalue weighted by atomic mass is 10.0. The Morgan fingerprint density at radius 1 is 1.15 bits per heavy atom. The smallest absolute Gasteiger partial charge is 0.419 e. The molecule has 8 nitrogen and oxygen atoms in total. The Balaban J connectivity index is 1.85. The van der Waals surface area contributed by atoms with Crippen LogP contribution in [0.1, 0.15) is 61.0 Å². The van der Waals surface area contributed by atoms with Crippen LogP contribution in [0.15, 0.2) is 30.5 Å². The molecule has 1 aliphatic heterocycles. The van der Waals surface area contributed by atoms with Crippen LogP contribution in [0, 0.1) is 12.7 Å². The van der Waals surface area contributed by atoms with E-state index in [0.29, 0.717) is 31.3 Å². The van der Waals surface area contributed by atoms with E-state index in [4.69, 9.17) is 14.2 Å². The normalized spacial score (nSPS) is 17.5. The molecule has 0 bridgehead atoms. The average Bonchev–Trinajstić information content (AvgIpc) is 2.81. The summed E-state index contributed by atoms with van der Waals surface area (Å²) in [6.45, 7) is 10.3. The zero-order valence-electron chi connectivity index (χ0n) is 22.8. The van der Waals surface area contributed by atoms with Crippen LogP contribution >= 0.6 is 0 Å². The van der Waals surface area contributed by atoms with E-state index >= 15 is 0 Å². The van der Waals surface area contributed by atoms with Gasteiger partial charge in [-0.25, -0.2) is 19.0 Å². The van der Waals surface area contributed by atoms with Gasteiger partial charge >= 0.3 is 18.2 Å². The maximum Gasteiger partial charge on any atom is 0.419 e. The van der Waals surface area contributed by atoms with Crippen LogP contribution in [0.5, 0.6) is 5.75 Å². The number of hydrogen-bond donors (Lipinski definition) is 0. The van der Waals surface area contributed by atoms with E-state index in [9.17, 15) is 27.2 Å². The fourth-order valence-corrected chi connectivity index (χ4v) is 4.29. The molecule has 2 atom stereocenters. The van der Waals surface area contributed by atoms with Crippen LogP contribution in [-0.4, -0.2) is 71.8 Å². The fraction of sp³-hybridized carbons (Fsp3) is 0.519. The minimum Gasteiger partial charge on any atom is -0.483 e. The van der Waals surface area contributed by atoms with Gasteiger partial charge in [-0.3, -0.25) is 4.90 Å². The third-order valence-electron chi connectivity index (χ3n) is 6.14. The minimum atomic E-state index is -4.84. The number of pyridine rings is 1. The van der Waals surface area contributed by atoms with Gasteiger partial charge in [0, 0.05) is 32.2 Å². The Bertz CT molecular complexity index is 1200. The number of carbonyl (C=O) groups excluding carboxylic acids is 2. The van der Waals surface area contributed by atoms with E-state index in [1.807, 2.05) is 11.8 Å². The molecular weight excluding hydrogens is 522 g/mol. The molecule has 0 saturated carbocycles. The highest BCUT2D eigenvalue weighted by Crippen LogP contribution is 2.34. The molecule has 0 aliphatic carbocycles. The first-order chi connectivity index (χ1) is 18.1. The van der Waals surface area contributed by atoms with Gasteiger partial charge in [0.15, 0.2) is 5.69 Å². The molecule has 1 unspecified atom stereocenters. The Morgan fingerprint density at radius 3 is 2.38 bits per heavy atom. The van der Waals surface area contributed by atoms with E-state index in [1.165, 1.54) is 19.4 Å². The highest BCUT2D eigenvalue weighted by molar-refractivity contribution is 5.88. The lowest BCUT2D eigenvalue weighted by Crippen LogP contribution is -2.55. The molecule has 1 amide bonds. The third kappa shape index (κ3) is 7.81. The number of alkyl halides is 3. The predicted molar refractivity (Wildman–Crippen MR) is 134 cm³/mol. The van der Waals surface area contributed by atoms with Gasteiger partial charge in [0.05, 0.1) is 18.9 Å². The van der Waals surface area contributed by atoms with Crippen LogP contribution in [0.2, 0.25) is 0 Å². The number of halogens is 4. The molecule has 2 aromatic rings. The lowest BCUT2D eigenvalue weighted by molar-refractivity contribution is -0.140. The first kappa shape index (κ1) is 30.1. The SMILES string of the molecule is COC(=O)c1ncc(OC(CN2CCN(C(=O)OC(C)(C)C)[C@H](C)C2)c2ccc(C(F)(F)F)c(F)c2)cc1C. The van der Waals surface area contributed by atoms with Crippen molar-refractivity contribution in [2.45, 2.75) is 58.5 Å². The molecule has 3 rings (SSSR count). The number of carbonyl (C=O) groups is 2. The molecule has 0 radical (unpaired) electrons. The Kier molecular flexibility index (Phi) is 9.09. The van der Waals surface area contributed by atoms with Crippen LogP contribution in [-0.2, 0) is 15.7 Å². The van der Waals surface area contributed by atoms with Crippen LogP contribution in [0.25, 0.3) is 0 Å². The van der Waals surface area contributed by atoms with Crippen LogP contribution in [0.4, 0.5) is 22.4 Å². The summed E-state index contributed by atoms with van der Waals surface area (Å²) < 4.78 is 70.2. The van der Waals surface area contributed by atoms with Gasteiger partial charge in [-0.1, -0.05) is 6.07 Å². The van der Waals surface area contributed by atoms with Crippen molar-refractivity contribution in [3.8, 4) is 5.75 Å². The Morgan fingerprint density at radius 2 is 1.85 bits per heavy atom. The molecule has 39 heavy (non-hydrogen) atoms. The first-order valence-electron chi connectivity index (χ1n) is 12.4. The number of aryl methyl sites for hydroxylation is 1. The summed E-state index contributed by atoms with van der Waals surface area (Å²) >= 11 is 0. The van der Waals surface area contributed by atoms with Crippen molar-refractivity contribution in [2.75, 3.05) is 33.3 Å². The van der Waals surface area contributed by atoms with Crippen molar-refractivity contribution >= 4 is 12.1 Å². The summed E-state index contributed by atoms with van der Waals surface area (Å²) in [6.07, 6.45) is -4.85. The number of ether oxygens (including phenoxy) is 3. The quantitative estimate of drug-likeness (QED) is 0.349. The summed E-state index contributed by atoms with van der Waals surface area (Å²) in [6, 6.07) is 4.02. The molecule has 12 heteroatoms. The number of benzene rings is 1. The average molecular weight is 556 g/mol. The molecule has 1 aromatic heterocycles. The topological polar surface area (TPSA) is 81.2 Å². The number of amides is 1. The Labute approximate surface area is 224 Å². The predicted octanol–water partition coefficient (Wildman–Crippen LogP) is 5.40. The van der Waals surface area contributed by atoms with Gasteiger partial charge in [-0.2, -0.15) is 13.2 Å². The van der Waals surface area contributed by atoms with E-state index in [-0.39, 0.29) is 29.6 Å². The summed E-state index contributed by atoms with van der Waals surface area (Å²) in [4.78, 5) is 32.1. The largest absolute Gasteiger partial charge is 0.483 e. The van der Waals surface area contributed by atoms with Gasteiger partial charge in [0.2, 0.25) is 0 Å². The second-order valence-corrected chi connectivity index (χ2v) is 10.5. The van der Waals surface area contributed by atoms with Crippen molar-refractivity contribution in [1.29, 1.82) is 0 Å². The van der Waals surface area contributed by atoms with Crippen molar-refractivity contribution in [3.63, 3.8) is 0 Å². The van der Waals surface area contributed by atoms with E-state index in [1.54, 1.807) is 38.7 Å². The Hall–Kier alpha value is -3.41. The second-order valence-electron chi connectivity index (χ2n) is 10.5. The molecule has 1 fully saturated rings. The van der Waals surface area contributed by atoms with Gasteiger partial charge in [-0.15, -0.1) is 0 Å². The van der Waals surface area contributed by atoms with Crippen molar-refractivity contribution < 1.29 is 41.4 Å². The molecule has 214 valence electrons. The fourth-order valence-electron chi connectivity index (χ4n) is 4.29. The summed E-state index contributed by atoms with van der Waals surface area (Å²) in [5.41, 5.74) is -1.26. The van der Waals surface area contributed by atoms with Crippen LogP contribution in [0.3, 0.4) is 0 Å². The number of piperazine rings is 1. The molecule has 0 N–H and O–H groups in total. The van der Waals surface area contributed by atoms with Crippen molar-refractivity contribution in [1.82, 2.24) is 14.8 Å². The zero-order chi connectivity index (χ0) is 29.1. The van der Waals surface area contributed by atoms with Gasteiger partial charge in [-0.05, 0) is 63.9 Å². The zero-order valence-corrected chi connectivity index (χ0v) is 22.8. The molecule has 1 aliphatic rings. The van der Waals surface area contributed by atoms with Gasteiger partial charge in [0.25, 0.3) is 0 Å².